The summed E-state index contributed by atoms with van der Waals surface area (Å²) < 4.78 is 23.9. The van der Waals surface area contributed by atoms with E-state index < -0.39 is 9.84 Å². The lowest BCUT2D eigenvalue weighted by Gasteiger charge is -2.34. The van der Waals surface area contributed by atoms with Crippen LogP contribution >= 0.6 is 11.6 Å². The summed E-state index contributed by atoms with van der Waals surface area (Å²) in [5.74, 6) is -0.228. The van der Waals surface area contributed by atoms with Crippen LogP contribution in [0.2, 0.25) is 5.02 Å². The molecule has 1 atom stereocenters. The van der Waals surface area contributed by atoms with Crippen molar-refractivity contribution in [2.45, 2.75) is 24.8 Å². The van der Waals surface area contributed by atoms with E-state index in [1.165, 1.54) is 18.2 Å². The quantitative estimate of drug-likeness (QED) is 0.913. The van der Waals surface area contributed by atoms with Gasteiger partial charge in [-0.1, -0.05) is 18.5 Å². The number of hydrogen-bond donors (Lipinski definition) is 1. The van der Waals surface area contributed by atoms with Crippen LogP contribution in [-0.2, 0) is 9.84 Å². The van der Waals surface area contributed by atoms with Crippen LogP contribution in [0.5, 0.6) is 0 Å². The first-order chi connectivity index (χ1) is 9.86. The molecule has 1 N–H and O–H groups in total. The Hall–Kier alpha value is -1.11. The Bertz CT molecular complexity index is 646. The predicted molar refractivity (Wildman–Crippen MR) is 82.5 cm³/mol. The normalized spacial score (nSPS) is 19.6. The van der Waals surface area contributed by atoms with Crippen molar-refractivity contribution in [2.24, 2.45) is 0 Å². The van der Waals surface area contributed by atoms with E-state index in [1.54, 1.807) is 11.8 Å². The highest BCUT2D eigenvalue weighted by Crippen LogP contribution is 2.23. The van der Waals surface area contributed by atoms with Crippen molar-refractivity contribution in [3.05, 3.63) is 28.8 Å². The maximum absolute atomic E-state index is 12.6. The molecule has 1 heterocycles. The van der Waals surface area contributed by atoms with Gasteiger partial charge in [0.1, 0.15) is 0 Å². The molecule has 1 aromatic rings. The maximum atomic E-state index is 12.6. The fourth-order valence-corrected chi connectivity index (χ4v) is 3.43. The molecule has 0 unspecified atom stereocenters. The van der Waals surface area contributed by atoms with Gasteiger partial charge in [0.2, 0.25) is 0 Å². The summed E-state index contributed by atoms with van der Waals surface area (Å²) in [4.78, 5) is 14.5. The van der Waals surface area contributed by atoms with Gasteiger partial charge in [0.05, 0.1) is 21.2 Å². The molecular formula is C14H19ClN2O3S. The largest absolute Gasteiger partial charge is 0.333 e. The summed E-state index contributed by atoms with van der Waals surface area (Å²) in [5, 5.41) is 3.49. The van der Waals surface area contributed by atoms with E-state index in [0.29, 0.717) is 6.54 Å². The van der Waals surface area contributed by atoms with Crippen LogP contribution in [0.25, 0.3) is 0 Å². The number of hydrogen-bond acceptors (Lipinski definition) is 4. The molecule has 0 radical (unpaired) electrons. The molecular weight excluding hydrogens is 312 g/mol. The minimum absolute atomic E-state index is 0.00764. The molecule has 0 saturated carbocycles. The van der Waals surface area contributed by atoms with Gasteiger partial charge in [-0.3, -0.25) is 4.79 Å². The van der Waals surface area contributed by atoms with Gasteiger partial charge in [-0.05, 0) is 25.1 Å². The van der Waals surface area contributed by atoms with E-state index in [4.69, 9.17) is 11.6 Å². The van der Waals surface area contributed by atoms with Crippen LogP contribution in [0.1, 0.15) is 24.2 Å². The maximum Gasteiger partial charge on any atom is 0.255 e. The van der Waals surface area contributed by atoms with Gasteiger partial charge in [-0.25, -0.2) is 8.42 Å². The molecule has 21 heavy (non-hydrogen) atoms. The minimum atomic E-state index is -3.36. The first-order valence-electron chi connectivity index (χ1n) is 6.91. The number of carbonyl (C=O) groups is 1. The van der Waals surface area contributed by atoms with Gasteiger partial charge >= 0.3 is 0 Å². The number of sulfone groups is 1. The molecule has 116 valence electrons. The second kappa shape index (κ2) is 6.34. The predicted octanol–water partition coefficient (Wildman–Crippen LogP) is 1.57. The van der Waals surface area contributed by atoms with Crippen molar-refractivity contribution in [1.82, 2.24) is 10.2 Å². The Balaban J connectivity index is 2.39. The van der Waals surface area contributed by atoms with Crippen molar-refractivity contribution >= 4 is 27.3 Å². The van der Waals surface area contributed by atoms with E-state index >= 15 is 0 Å². The van der Waals surface area contributed by atoms with Gasteiger partial charge in [0, 0.05) is 25.7 Å². The zero-order valence-electron chi connectivity index (χ0n) is 12.1. The topological polar surface area (TPSA) is 66.5 Å². The minimum Gasteiger partial charge on any atom is -0.333 e. The summed E-state index contributed by atoms with van der Waals surface area (Å²) >= 11 is 6.09. The van der Waals surface area contributed by atoms with Crippen molar-refractivity contribution in [1.29, 1.82) is 0 Å². The van der Waals surface area contributed by atoms with Crippen LogP contribution in [0.4, 0.5) is 0 Å². The highest BCUT2D eigenvalue weighted by Gasteiger charge is 2.26. The van der Waals surface area contributed by atoms with Gasteiger partial charge < -0.3 is 10.2 Å². The first kappa shape index (κ1) is 16.3. The highest BCUT2D eigenvalue weighted by atomic mass is 35.5. The highest BCUT2D eigenvalue weighted by molar-refractivity contribution is 7.91. The fourth-order valence-electron chi connectivity index (χ4n) is 2.33. The molecule has 1 fully saturated rings. The number of nitrogens with one attached hydrogen (secondary N) is 1. The summed E-state index contributed by atoms with van der Waals surface area (Å²) in [6.45, 7) is 5.55. The molecule has 0 spiro atoms. The van der Waals surface area contributed by atoms with Crippen molar-refractivity contribution < 1.29 is 13.2 Å². The van der Waals surface area contributed by atoms with Gasteiger partial charge in [0.25, 0.3) is 5.91 Å². The third-order valence-electron chi connectivity index (χ3n) is 3.67. The molecule has 1 aliphatic heterocycles. The monoisotopic (exact) mass is 330 g/mol. The lowest BCUT2D eigenvalue weighted by molar-refractivity contribution is 0.0655. The summed E-state index contributed by atoms with van der Waals surface area (Å²) in [6, 6.07) is 4.36. The number of piperazine rings is 1. The second-order valence-electron chi connectivity index (χ2n) is 5.10. The Labute approximate surface area is 130 Å². The third-order valence-corrected chi connectivity index (χ3v) is 5.73. The van der Waals surface area contributed by atoms with Gasteiger partial charge in [-0.2, -0.15) is 0 Å². The number of carbonyl (C=O) groups excluding carboxylic acids is 1. The average Bonchev–Trinajstić information content (AvgIpc) is 2.47. The van der Waals surface area contributed by atoms with Crippen molar-refractivity contribution in [2.75, 3.05) is 25.4 Å². The number of benzene rings is 1. The average molecular weight is 331 g/mol. The molecule has 0 bridgehead atoms. The van der Waals surface area contributed by atoms with E-state index in [-0.39, 0.29) is 33.2 Å². The van der Waals surface area contributed by atoms with E-state index in [1.807, 2.05) is 6.92 Å². The molecule has 0 aromatic heterocycles. The standard InChI is InChI=1S/C14H19ClN2O3S/c1-3-21(19,20)11-4-5-13(15)12(8-11)14(18)17-7-6-16-9-10(17)2/h4-5,8,10,16H,3,6-7,9H2,1-2H3/t10-/m0/s1. The van der Waals surface area contributed by atoms with Gasteiger partial charge in [-0.15, -0.1) is 0 Å². The van der Waals surface area contributed by atoms with Crippen molar-refractivity contribution in [3.8, 4) is 0 Å². The fraction of sp³-hybridized carbons (Fsp3) is 0.500. The van der Waals surface area contributed by atoms with Crippen molar-refractivity contribution in [3.63, 3.8) is 0 Å². The Morgan fingerprint density at radius 2 is 2.19 bits per heavy atom. The molecule has 1 aromatic carbocycles. The van der Waals surface area contributed by atoms with E-state index in [9.17, 15) is 13.2 Å². The van der Waals surface area contributed by atoms with E-state index in [0.717, 1.165) is 13.1 Å². The molecule has 0 aliphatic carbocycles. The van der Waals surface area contributed by atoms with Crippen LogP contribution in [-0.4, -0.2) is 50.7 Å². The van der Waals surface area contributed by atoms with Gasteiger partial charge in [0.15, 0.2) is 9.84 Å². The number of amides is 1. The molecule has 2 rings (SSSR count). The number of rotatable bonds is 3. The Morgan fingerprint density at radius 3 is 2.81 bits per heavy atom. The Morgan fingerprint density at radius 1 is 1.48 bits per heavy atom. The Kier molecular flexibility index (Phi) is 4.91. The summed E-state index contributed by atoms with van der Waals surface area (Å²) in [6.07, 6.45) is 0. The lowest BCUT2D eigenvalue weighted by atomic mass is 10.1. The smallest absolute Gasteiger partial charge is 0.255 e. The van der Waals surface area contributed by atoms with Crippen LogP contribution in [0.3, 0.4) is 0 Å². The van der Waals surface area contributed by atoms with Crippen LogP contribution in [0.15, 0.2) is 23.1 Å². The zero-order chi connectivity index (χ0) is 15.6. The molecule has 1 aliphatic rings. The zero-order valence-corrected chi connectivity index (χ0v) is 13.7. The molecule has 7 heteroatoms. The lowest BCUT2D eigenvalue weighted by Crippen LogP contribution is -2.52. The number of nitrogens with zero attached hydrogens (tertiary/aromatic N) is 1. The second-order valence-corrected chi connectivity index (χ2v) is 7.78. The molecule has 1 saturated heterocycles. The van der Waals surface area contributed by atoms with Crippen LogP contribution < -0.4 is 5.32 Å². The summed E-state index contributed by atoms with van der Waals surface area (Å²) in [7, 11) is -3.36. The van der Waals surface area contributed by atoms with E-state index in [2.05, 4.69) is 5.32 Å². The molecule has 5 nitrogen and oxygen atoms in total. The molecule has 1 amide bonds. The summed E-state index contributed by atoms with van der Waals surface area (Å²) in [5.41, 5.74) is 0.250. The third kappa shape index (κ3) is 3.39. The number of halogens is 1. The SMILES string of the molecule is CCS(=O)(=O)c1ccc(Cl)c(C(=O)N2CCNC[C@@H]2C)c1. The first-order valence-corrected chi connectivity index (χ1v) is 8.94. The van der Waals surface area contributed by atoms with Crippen LogP contribution in [0, 0.1) is 0 Å².